The summed E-state index contributed by atoms with van der Waals surface area (Å²) < 4.78 is 11.9. The van der Waals surface area contributed by atoms with Crippen LogP contribution < -0.4 is 0 Å². The molecule has 0 N–H and O–H groups in total. The summed E-state index contributed by atoms with van der Waals surface area (Å²) in [6.07, 6.45) is 4.41. The van der Waals surface area contributed by atoms with Gasteiger partial charge in [-0.15, -0.1) is 0 Å². The SMILES string of the molecule is CC(C)(C)OC(=O)C=[N+]1CC(=O)C=C2COC=C21. The molecular weight excluding hydrogens is 234 g/mol. The first-order chi connectivity index (χ1) is 8.35. The average molecular weight is 250 g/mol. The predicted octanol–water partition coefficient (Wildman–Crippen LogP) is 0.792. The van der Waals surface area contributed by atoms with Crippen molar-refractivity contribution in [2.24, 2.45) is 0 Å². The van der Waals surface area contributed by atoms with E-state index >= 15 is 0 Å². The Morgan fingerprint density at radius 1 is 1.50 bits per heavy atom. The predicted molar refractivity (Wildman–Crippen MR) is 64.2 cm³/mol. The minimum atomic E-state index is -0.549. The van der Waals surface area contributed by atoms with E-state index in [1.54, 1.807) is 37.7 Å². The maximum absolute atomic E-state index is 11.7. The Morgan fingerprint density at radius 2 is 2.22 bits per heavy atom. The van der Waals surface area contributed by atoms with Crippen LogP contribution in [0.1, 0.15) is 20.8 Å². The van der Waals surface area contributed by atoms with E-state index in [0.29, 0.717) is 6.61 Å². The van der Waals surface area contributed by atoms with Crippen LogP contribution in [-0.2, 0) is 19.1 Å². The van der Waals surface area contributed by atoms with Gasteiger partial charge in [-0.1, -0.05) is 0 Å². The molecule has 0 unspecified atom stereocenters. The highest BCUT2D eigenvalue weighted by Crippen LogP contribution is 2.22. The lowest BCUT2D eigenvalue weighted by atomic mass is 10.1. The molecule has 0 radical (unpaired) electrons. The number of carbonyl (C=O) groups is 2. The zero-order chi connectivity index (χ0) is 13.3. The van der Waals surface area contributed by atoms with Crippen molar-refractivity contribution in [2.75, 3.05) is 13.2 Å². The minimum absolute atomic E-state index is 0.0486. The minimum Gasteiger partial charge on any atom is -0.489 e. The second kappa shape index (κ2) is 4.40. The highest BCUT2D eigenvalue weighted by Gasteiger charge is 2.32. The Labute approximate surface area is 105 Å². The highest BCUT2D eigenvalue weighted by atomic mass is 16.6. The molecule has 2 heterocycles. The first-order valence-electron chi connectivity index (χ1n) is 5.75. The topological polar surface area (TPSA) is 55.6 Å². The van der Waals surface area contributed by atoms with Crippen LogP contribution in [0.25, 0.3) is 0 Å². The molecule has 0 fully saturated rings. The fourth-order valence-corrected chi connectivity index (χ4v) is 1.79. The molecule has 0 atom stereocenters. The summed E-state index contributed by atoms with van der Waals surface area (Å²) >= 11 is 0. The maximum atomic E-state index is 11.7. The van der Waals surface area contributed by atoms with E-state index in [0.717, 1.165) is 11.3 Å². The lowest BCUT2D eigenvalue weighted by Crippen LogP contribution is -2.31. The number of hydrogen-bond acceptors (Lipinski definition) is 4. The van der Waals surface area contributed by atoms with Crippen molar-refractivity contribution in [3.8, 4) is 0 Å². The third kappa shape index (κ3) is 2.85. The van der Waals surface area contributed by atoms with Gasteiger partial charge in [0, 0.05) is 6.08 Å². The summed E-state index contributed by atoms with van der Waals surface area (Å²) in [7, 11) is 0. The first kappa shape index (κ1) is 12.5. The fraction of sp³-hybridized carbons (Fsp3) is 0.462. The molecule has 0 bridgehead atoms. The molecule has 0 aromatic carbocycles. The number of rotatable bonds is 1. The van der Waals surface area contributed by atoms with E-state index in [2.05, 4.69) is 0 Å². The lowest BCUT2D eigenvalue weighted by Gasteiger charge is -2.17. The van der Waals surface area contributed by atoms with Gasteiger partial charge in [0.2, 0.25) is 18.0 Å². The van der Waals surface area contributed by atoms with E-state index < -0.39 is 11.6 Å². The molecule has 18 heavy (non-hydrogen) atoms. The van der Waals surface area contributed by atoms with Gasteiger partial charge in [-0.25, -0.2) is 4.79 Å². The highest BCUT2D eigenvalue weighted by molar-refractivity contribution is 6.21. The van der Waals surface area contributed by atoms with E-state index in [-0.39, 0.29) is 12.3 Å². The Bertz CT molecular complexity index is 492. The molecule has 2 rings (SSSR count). The fourth-order valence-electron chi connectivity index (χ4n) is 1.79. The molecular formula is C13H16NO4+. The van der Waals surface area contributed by atoms with Crippen LogP contribution in [0, 0.1) is 0 Å². The largest absolute Gasteiger partial charge is 0.489 e. The molecule has 2 aliphatic rings. The number of fused-ring (bicyclic) bond motifs is 1. The molecule has 5 heteroatoms. The van der Waals surface area contributed by atoms with Crippen molar-refractivity contribution in [2.45, 2.75) is 26.4 Å². The second-order valence-corrected chi connectivity index (χ2v) is 5.24. The van der Waals surface area contributed by atoms with Crippen molar-refractivity contribution < 1.29 is 23.6 Å². The average Bonchev–Trinajstić information content (AvgIpc) is 2.61. The molecule has 5 nitrogen and oxygen atoms in total. The Morgan fingerprint density at radius 3 is 2.89 bits per heavy atom. The van der Waals surface area contributed by atoms with Crippen LogP contribution in [0.4, 0.5) is 0 Å². The van der Waals surface area contributed by atoms with Gasteiger partial charge >= 0.3 is 5.97 Å². The number of nitrogens with zero attached hydrogens (tertiary/aromatic N) is 1. The Balaban J connectivity index is 2.21. The Kier molecular flexibility index (Phi) is 3.07. The van der Waals surface area contributed by atoms with Gasteiger partial charge in [-0.05, 0) is 20.8 Å². The summed E-state index contributed by atoms with van der Waals surface area (Å²) in [5, 5.41) is 0. The van der Waals surface area contributed by atoms with Gasteiger partial charge in [-0.3, -0.25) is 4.79 Å². The lowest BCUT2D eigenvalue weighted by molar-refractivity contribution is -0.457. The number of esters is 1. The van der Waals surface area contributed by atoms with Crippen molar-refractivity contribution in [3.63, 3.8) is 0 Å². The van der Waals surface area contributed by atoms with Gasteiger partial charge in [0.25, 0.3) is 6.21 Å². The van der Waals surface area contributed by atoms with Crippen molar-refractivity contribution in [1.29, 1.82) is 0 Å². The smallest absolute Gasteiger partial charge is 0.396 e. The van der Waals surface area contributed by atoms with Gasteiger partial charge in [0.15, 0.2) is 6.26 Å². The maximum Gasteiger partial charge on any atom is 0.396 e. The van der Waals surface area contributed by atoms with Gasteiger partial charge in [-0.2, -0.15) is 4.58 Å². The number of hydrogen-bond donors (Lipinski definition) is 0. The Hall–Kier alpha value is -1.91. The van der Waals surface area contributed by atoms with Crippen LogP contribution in [0.2, 0.25) is 0 Å². The quantitative estimate of drug-likeness (QED) is 0.510. The van der Waals surface area contributed by atoms with Gasteiger partial charge < -0.3 is 9.47 Å². The van der Waals surface area contributed by atoms with Crippen LogP contribution in [0.3, 0.4) is 0 Å². The van der Waals surface area contributed by atoms with Crippen LogP contribution >= 0.6 is 0 Å². The number of carbonyl (C=O) groups excluding carboxylic acids is 2. The number of ether oxygens (including phenoxy) is 2. The van der Waals surface area contributed by atoms with Crippen molar-refractivity contribution in [1.82, 2.24) is 0 Å². The summed E-state index contributed by atoms with van der Waals surface area (Å²) in [6.45, 7) is 5.90. The zero-order valence-corrected chi connectivity index (χ0v) is 10.7. The standard InChI is InChI=1S/C13H16NO4/c1-13(2,3)18-12(16)6-14-5-10(15)4-9-7-17-8-11(9)14/h4,6,8H,5,7H2,1-3H3/q+1. The molecule has 0 spiro atoms. The third-order valence-corrected chi connectivity index (χ3v) is 2.40. The molecule has 96 valence electrons. The molecule has 0 saturated heterocycles. The van der Waals surface area contributed by atoms with Crippen LogP contribution in [-0.4, -0.2) is 41.3 Å². The van der Waals surface area contributed by atoms with E-state index in [4.69, 9.17) is 9.47 Å². The molecule has 0 aliphatic carbocycles. The zero-order valence-electron chi connectivity index (χ0n) is 10.7. The first-order valence-corrected chi connectivity index (χ1v) is 5.75. The second-order valence-electron chi connectivity index (χ2n) is 5.24. The van der Waals surface area contributed by atoms with Gasteiger partial charge in [0.1, 0.15) is 12.2 Å². The van der Waals surface area contributed by atoms with Gasteiger partial charge in [0.05, 0.1) is 5.57 Å². The van der Waals surface area contributed by atoms with Crippen LogP contribution in [0.5, 0.6) is 0 Å². The molecule has 0 saturated carbocycles. The molecule has 0 aromatic rings. The van der Waals surface area contributed by atoms with Crippen molar-refractivity contribution >= 4 is 18.0 Å². The molecule has 2 aliphatic heterocycles. The summed E-state index contributed by atoms with van der Waals surface area (Å²) in [4.78, 5) is 23.2. The van der Waals surface area contributed by atoms with E-state index in [9.17, 15) is 9.59 Å². The number of ketones is 1. The third-order valence-electron chi connectivity index (χ3n) is 2.40. The van der Waals surface area contributed by atoms with Crippen molar-refractivity contribution in [3.05, 3.63) is 23.6 Å². The van der Waals surface area contributed by atoms with Crippen LogP contribution in [0.15, 0.2) is 23.6 Å². The monoisotopic (exact) mass is 250 g/mol. The molecule has 0 aromatic heterocycles. The summed E-state index contributed by atoms with van der Waals surface area (Å²) in [6, 6.07) is 0. The summed E-state index contributed by atoms with van der Waals surface area (Å²) in [5.74, 6) is -0.517. The normalized spacial score (nSPS) is 21.1. The van der Waals surface area contributed by atoms with E-state index in [1.807, 2.05) is 0 Å². The molecule has 0 amide bonds. The summed E-state index contributed by atoms with van der Waals surface area (Å²) in [5.41, 5.74) is 0.999. The van der Waals surface area contributed by atoms with E-state index in [1.165, 1.54) is 6.21 Å².